The molecule has 38 nitrogen and oxygen atoms in total. The molecule has 5 saturated carbocycles. The standard InChI is InChI=1S/C26H30N8O2.3C17H23ClN4O2.C11H22N2O2.C9H8N4.C6H2Cl2N2/c1-26(2,3)36-25(35)33-21-8-5-4-7-20(21)32-22-10-9-17(14-27)24(34-22)31-19-13-18(15-28-16-19)23-29-11-6-12-30-23;2*1-17(2,3)24-16(23)21-13-7-5-4-6-12(13)20-14-9-8-11(10-19)15(18)22-14;1-17(2,3)24-16(23)21-13-7-5-4-6-12(13)20-15-11(10-19)8-9-14(18)22-15;1-11(2,3)15-10(14)13-9-7-5-4-6-8(9)12;10-8-4-7(5-11-6-8)9-12-2-1-3-13-9;7-5-2-1-4(3-9)6(8)10-5/h6,9-13,15-16,20-21H,4-5,7-8H2,1-3H3,(H,33,35)(H2,31,32,34);3*8-9,12-13H,4-7H2,1-3H3,(H,20,22)(H,21,23);8-9H,4-7,12H2,1-3H3,(H,13,14);1-6H,10H2;1-2H/t20-,21+;3*12-,13+;8-,9+;;/m11111../s1. The predicted octanol–water partition coefficient (Wildman–Crippen LogP) is 21.5. The zero-order valence-corrected chi connectivity index (χ0v) is 88.7. The van der Waals surface area contributed by atoms with E-state index < -0.39 is 52.4 Å². The van der Waals surface area contributed by atoms with E-state index in [0.717, 1.165) is 140 Å². The number of carbonyl (C=O) groups excluding carboxylic acids is 5. The van der Waals surface area contributed by atoms with Gasteiger partial charge in [0.25, 0.3) is 0 Å². The number of hydrogen-bond acceptors (Lipinski definition) is 33. The van der Waals surface area contributed by atoms with Gasteiger partial charge in [0, 0.05) is 90.8 Å². The largest absolute Gasteiger partial charge is 0.444 e. The summed E-state index contributed by atoms with van der Waals surface area (Å²) in [5.41, 5.74) is 13.6. The van der Waals surface area contributed by atoms with Gasteiger partial charge in [-0.2, -0.15) is 26.3 Å². The molecule has 9 aromatic heterocycles. The molecule has 0 spiro atoms. The van der Waals surface area contributed by atoms with Crippen LogP contribution in [0.4, 0.5) is 64.4 Å². The normalized spacial score (nSPS) is 18.8. The predicted molar refractivity (Wildman–Crippen MR) is 564 cm³/mol. The van der Waals surface area contributed by atoms with Crippen LogP contribution in [0.2, 0.25) is 25.8 Å². The lowest BCUT2D eigenvalue weighted by atomic mass is 9.90. The fraction of sp³-hybridized carbons (Fsp3) is 0.485. The maximum Gasteiger partial charge on any atom is 0.407 e. The first-order valence-corrected chi connectivity index (χ1v) is 50.1. The van der Waals surface area contributed by atoms with Crippen molar-refractivity contribution >= 4 is 129 Å². The van der Waals surface area contributed by atoms with Crippen LogP contribution in [-0.4, -0.2) is 174 Å². The topological polar surface area (TPSA) is 565 Å². The van der Waals surface area contributed by atoms with Crippen LogP contribution in [0.25, 0.3) is 22.8 Å². The number of aromatic nitrogens is 11. The minimum absolute atomic E-state index is 0.0141. The summed E-state index contributed by atoms with van der Waals surface area (Å²) in [6, 6.07) is 33.7. The number of nitrogen functional groups attached to an aromatic ring is 1. The van der Waals surface area contributed by atoms with Crippen molar-refractivity contribution in [2.45, 2.75) is 321 Å². The highest BCUT2D eigenvalue weighted by atomic mass is 35.5. The average molecular weight is 2100 g/mol. The number of halogens is 5. The molecule has 5 aliphatic carbocycles. The molecule has 0 bridgehead atoms. The summed E-state index contributed by atoms with van der Waals surface area (Å²) in [6.07, 6.45) is 31.0. The Labute approximate surface area is 878 Å². The number of amides is 5. The van der Waals surface area contributed by atoms with Gasteiger partial charge in [-0.25, -0.2) is 68.8 Å². The number of rotatable bonds is 17. The van der Waals surface area contributed by atoms with Gasteiger partial charge in [-0.05, 0) is 253 Å². The highest BCUT2D eigenvalue weighted by molar-refractivity contribution is 6.33. The number of nitriles is 5. The van der Waals surface area contributed by atoms with Crippen molar-refractivity contribution in [3.8, 4) is 53.1 Å². The lowest BCUT2D eigenvalue weighted by molar-refractivity contribution is 0.0475. The van der Waals surface area contributed by atoms with Crippen molar-refractivity contribution in [2.75, 3.05) is 32.3 Å². The zero-order chi connectivity index (χ0) is 107. The molecule has 5 aliphatic rings. The number of hydrogen-bond donors (Lipinski definition) is 12. The number of carbonyl (C=O) groups is 5. The second kappa shape index (κ2) is 57.2. The van der Waals surface area contributed by atoms with E-state index in [4.69, 9.17) is 109 Å². The molecule has 5 fully saturated rings. The first-order chi connectivity index (χ1) is 69.1. The molecular weight excluding hydrogens is 1970 g/mol. The maximum atomic E-state index is 12.4. The molecule has 14 N–H and O–H groups in total. The van der Waals surface area contributed by atoms with Gasteiger partial charge in [0.1, 0.15) is 107 Å². The Morgan fingerprint density at radius 1 is 0.336 bits per heavy atom. The molecule has 43 heteroatoms. The minimum atomic E-state index is -0.560. The van der Waals surface area contributed by atoms with Gasteiger partial charge >= 0.3 is 30.5 Å². The van der Waals surface area contributed by atoms with Crippen molar-refractivity contribution in [1.82, 2.24) is 81.4 Å². The molecule has 5 amide bonds. The number of nitrogens with two attached hydrogens (primary N) is 2. The summed E-state index contributed by atoms with van der Waals surface area (Å²) in [5, 5.41) is 77.4. The van der Waals surface area contributed by atoms with Crippen LogP contribution in [0.15, 0.2) is 135 Å². The van der Waals surface area contributed by atoms with Gasteiger partial charge in [-0.3, -0.25) is 9.97 Å². The third kappa shape index (κ3) is 42.9. The van der Waals surface area contributed by atoms with Gasteiger partial charge in [0.05, 0.1) is 69.6 Å². The van der Waals surface area contributed by atoms with Gasteiger partial charge < -0.3 is 88.3 Å². The summed E-state index contributed by atoms with van der Waals surface area (Å²) in [4.78, 5) is 106. The molecule has 778 valence electrons. The molecule has 14 rings (SSSR count). The first kappa shape index (κ1) is 117. The number of nitrogens with zero attached hydrogens (tertiary/aromatic N) is 16. The monoisotopic (exact) mass is 2090 g/mol. The average Bonchev–Trinajstić information content (AvgIpc) is 0.762. The van der Waals surface area contributed by atoms with E-state index in [1.807, 2.05) is 128 Å². The fourth-order valence-corrected chi connectivity index (χ4v) is 16.5. The Morgan fingerprint density at radius 2 is 0.623 bits per heavy atom. The molecular formula is C103H131Cl5N28O10. The van der Waals surface area contributed by atoms with E-state index in [1.165, 1.54) is 12.1 Å². The molecule has 0 aliphatic heterocycles. The van der Waals surface area contributed by atoms with Crippen molar-refractivity contribution in [3.63, 3.8) is 0 Å². The second-order valence-electron chi connectivity index (χ2n) is 39.8. The Morgan fingerprint density at radius 3 is 0.966 bits per heavy atom. The Bertz CT molecular complexity index is 5890. The zero-order valence-electron chi connectivity index (χ0n) is 84.9. The van der Waals surface area contributed by atoms with Gasteiger partial charge in [-0.1, -0.05) is 122 Å². The van der Waals surface area contributed by atoms with E-state index >= 15 is 0 Å². The molecule has 0 unspecified atom stereocenters. The Hall–Kier alpha value is -13.8. The highest BCUT2D eigenvalue weighted by Gasteiger charge is 2.35. The van der Waals surface area contributed by atoms with E-state index in [9.17, 15) is 34.5 Å². The van der Waals surface area contributed by atoms with Crippen LogP contribution in [0.5, 0.6) is 0 Å². The summed E-state index contributed by atoms with van der Waals surface area (Å²) in [5.74, 6) is 3.86. The Balaban J connectivity index is 0.000000215. The lowest BCUT2D eigenvalue weighted by Gasteiger charge is -2.33. The second-order valence-corrected chi connectivity index (χ2v) is 41.7. The summed E-state index contributed by atoms with van der Waals surface area (Å²) in [7, 11) is 0. The van der Waals surface area contributed by atoms with Crippen LogP contribution >= 0.6 is 58.0 Å². The van der Waals surface area contributed by atoms with E-state index in [1.54, 1.807) is 116 Å². The van der Waals surface area contributed by atoms with E-state index in [0.29, 0.717) is 90.2 Å². The SMILES string of the molecule is CC(C)(C)OC(=O)N[C@H]1CCCC[C@H]1N.CC(C)(C)OC(=O)N[C@H]1CCCC[C@H]1Nc1ccc(C#N)c(Cl)n1.CC(C)(C)OC(=O)N[C@H]1CCCC[C@H]1Nc1ccc(C#N)c(Cl)n1.CC(C)(C)OC(=O)N[C@H]1CCCC[C@H]1Nc1ccc(C#N)c(Nc2cncc(-c3ncccn3)c2)n1.CC(C)(C)OC(=O)N[C@H]1CCCC[C@H]1Nc1nc(Cl)ccc1C#N.N#Cc1ccc(Cl)nc1Cl.Nc1cncc(-c2ncccn2)c1. The number of nitrogens with one attached hydrogen (secondary N) is 10. The van der Waals surface area contributed by atoms with Crippen molar-refractivity contribution < 1.29 is 47.7 Å². The van der Waals surface area contributed by atoms with Crippen LogP contribution in [0, 0.1) is 56.7 Å². The third-order valence-corrected chi connectivity index (χ3v) is 23.3. The van der Waals surface area contributed by atoms with Crippen molar-refractivity contribution in [2.24, 2.45) is 5.73 Å². The third-order valence-electron chi connectivity index (χ3n) is 22.0. The van der Waals surface area contributed by atoms with Gasteiger partial charge in [0.2, 0.25) is 0 Å². The van der Waals surface area contributed by atoms with Crippen LogP contribution in [0.3, 0.4) is 0 Å². The minimum Gasteiger partial charge on any atom is -0.444 e. The molecule has 0 aromatic carbocycles. The summed E-state index contributed by atoms with van der Waals surface area (Å²) in [6.45, 7) is 27.6. The van der Waals surface area contributed by atoms with E-state index in [2.05, 4.69) is 120 Å². The summed E-state index contributed by atoms with van der Waals surface area (Å²) >= 11 is 28.9. The lowest BCUT2D eigenvalue weighted by Crippen LogP contribution is -2.50. The van der Waals surface area contributed by atoms with Gasteiger partial charge in [-0.15, -0.1) is 0 Å². The molecule has 0 saturated heterocycles. The maximum absolute atomic E-state index is 12.4. The number of pyridine rings is 7. The molecule has 9 aromatic rings. The highest BCUT2D eigenvalue weighted by Crippen LogP contribution is 2.33. The molecule has 9 heterocycles. The molecule has 0 radical (unpaired) electrons. The van der Waals surface area contributed by atoms with Crippen LogP contribution in [0.1, 0.15) is 260 Å². The Kier molecular flexibility index (Phi) is 46.0. The fourth-order valence-electron chi connectivity index (χ4n) is 15.6. The molecule has 146 heavy (non-hydrogen) atoms. The van der Waals surface area contributed by atoms with Crippen molar-refractivity contribution in [1.29, 1.82) is 26.3 Å². The van der Waals surface area contributed by atoms with Gasteiger partial charge in [0.15, 0.2) is 17.5 Å². The van der Waals surface area contributed by atoms with Crippen LogP contribution < -0.4 is 64.6 Å². The first-order valence-electron chi connectivity index (χ1n) is 48.2. The smallest absolute Gasteiger partial charge is 0.407 e. The molecule has 10 atom stereocenters. The van der Waals surface area contributed by atoms with E-state index in [-0.39, 0.29) is 82.0 Å². The number of alkyl carbamates (subject to hydrolysis) is 5. The van der Waals surface area contributed by atoms with Crippen molar-refractivity contribution in [3.05, 3.63) is 188 Å². The quantitative estimate of drug-likeness (QED) is 0.0297. The summed E-state index contributed by atoms with van der Waals surface area (Å²) < 4.78 is 26.6. The van der Waals surface area contributed by atoms with Crippen LogP contribution in [-0.2, 0) is 23.7 Å². The number of anilines is 7. The number of ether oxygens (including phenoxy) is 5.